The van der Waals surface area contributed by atoms with Crippen LogP contribution in [0.15, 0.2) is 63.9 Å². The van der Waals surface area contributed by atoms with E-state index in [2.05, 4.69) is 4.98 Å². The zero-order chi connectivity index (χ0) is 24.8. The van der Waals surface area contributed by atoms with E-state index in [1.165, 1.54) is 29.6 Å². The number of aryl methyl sites for hydroxylation is 1. The van der Waals surface area contributed by atoms with E-state index in [9.17, 15) is 13.2 Å². The fourth-order valence-corrected chi connectivity index (χ4v) is 5.14. The maximum Gasteiger partial charge on any atom is 0.331 e. The van der Waals surface area contributed by atoms with Crippen LogP contribution in [0.3, 0.4) is 0 Å². The third-order valence-electron chi connectivity index (χ3n) is 5.45. The van der Waals surface area contributed by atoms with Gasteiger partial charge in [-0.3, -0.25) is 0 Å². The first kappa shape index (κ1) is 24.6. The smallest absolute Gasteiger partial charge is 0.331 e. The molecule has 1 aliphatic heterocycles. The van der Waals surface area contributed by atoms with Gasteiger partial charge in [-0.05, 0) is 42.8 Å². The highest BCUT2D eigenvalue weighted by Crippen LogP contribution is 2.29. The monoisotopic (exact) mass is 498 g/mol. The Morgan fingerprint density at radius 3 is 2.60 bits per heavy atom. The Morgan fingerprint density at radius 1 is 1.14 bits per heavy atom. The first-order valence-electron chi connectivity index (χ1n) is 11.0. The molecule has 10 heteroatoms. The molecule has 2 heterocycles. The number of benzene rings is 2. The molecular formula is C25H26N2O7S. The first-order chi connectivity index (χ1) is 16.9. The number of hydrogen-bond acceptors (Lipinski definition) is 8. The van der Waals surface area contributed by atoms with Crippen LogP contribution in [-0.4, -0.2) is 57.1 Å². The summed E-state index contributed by atoms with van der Waals surface area (Å²) in [6.07, 6.45) is 2.73. The molecule has 0 radical (unpaired) electrons. The SMILES string of the molecule is COc1ccc(C=CC(=O)OCc2nc(-c3ccccc3)oc2C)cc1S(=O)(=O)N1CCOCC1. The molecule has 0 amide bonds. The van der Waals surface area contributed by atoms with Crippen LogP contribution in [0.5, 0.6) is 5.75 Å². The van der Waals surface area contributed by atoms with Crippen LogP contribution in [0.25, 0.3) is 17.5 Å². The van der Waals surface area contributed by atoms with Crippen LogP contribution in [-0.2, 0) is 30.9 Å². The highest BCUT2D eigenvalue weighted by atomic mass is 32.2. The molecule has 4 rings (SSSR count). The minimum absolute atomic E-state index is 0.0316. The number of methoxy groups -OCH3 is 1. The van der Waals surface area contributed by atoms with Gasteiger partial charge in [0, 0.05) is 24.7 Å². The number of sulfonamides is 1. The Balaban J connectivity index is 1.44. The summed E-state index contributed by atoms with van der Waals surface area (Å²) >= 11 is 0. The number of ether oxygens (including phenoxy) is 3. The molecule has 0 aliphatic carbocycles. The highest BCUT2D eigenvalue weighted by Gasteiger charge is 2.29. The number of rotatable bonds is 8. The van der Waals surface area contributed by atoms with Gasteiger partial charge in [0.15, 0.2) is 0 Å². The molecular weight excluding hydrogens is 472 g/mol. The minimum Gasteiger partial charge on any atom is -0.495 e. The van der Waals surface area contributed by atoms with Gasteiger partial charge in [0.2, 0.25) is 15.9 Å². The summed E-state index contributed by atoms with van der Waals surface area (Å²) in [6.45, 7) is 2.92. The number of oxazole rings is 1. The number of hydrogen-bond donors (Lipinski definition) is 0. The van der Waals surface area contributed by atoms with Gasteiger partial charge in [-0.15, -0.1) is 0 Å². The quantitative estimate of drug-likeness (QED) is 0.343. The number of morpholine rings is 1. The van der Waals surface area contributed by atoms with Crippen molar-refractivity contribution in [2.75, 3.05) is 33.4 Å². The average Bonchev–Trinajstić information content (AvgIpc) is 3.27. The summed E-state index contributed by atoms with van der Waals surface area (Å²) in [7, 11) is -2.37. The molecule has 1 aromatic heterocycles. The minimum atomic E-state index is -3.78. The van der Waals surface area contributed by atoms with Gasteiger partial charge in [-0.25, -0.2) is 18.2 Å². The van der Waals surface area contributed by atoms with Crippen molar-refractivity contribution in [1.82, 2.24) is 9.29 Å². The molecule has 1 fully saturated rings. The van der Waals surface area contributed by atoms with E-state index < -0.39 is 16.0 Å². The lowest BCUT2D eigenvalue weighted by molar-refractivity contribution is -0.139. The number of aromatic nitrogens is 1. The maximum atomic E-state index is 13.1. The summed E-state index contributed by atoms with van der Waals surface area (Å²) in [5.41, 5.74) is 1.86. The van der Waals surface area contributed by atoms with Crippen molar-refractivity contribution < 1.29 is 31.8 Å². The molecule has 2 aromatic carbocycles. The van der Waals surface area contributed by atoms with E-state index >= 15 is 0 Å². The largest absolute Gasteiger partial charge is 0.495 e. The van der Waals surface area contributed by atoms with Crippen molar-refractivity contribution in [3.63, 3.8) is 0 Å². The van der Waals surface area contributed by atoms with Crippen LogP contribution >= 0.6 is 0 Å². The lowest BCUT2D eigenvalue weighted by Crippen LogP contribution is -2.40. The molecule has 0 atom stereocenters. The summed E-state index contributed by atoms with van der Waals surface area (Å²) in [4.78, 5) is 16.7. The Bertz CT molecular complexity index is 1310. The summed E-state index contributed by atoms with van der Waals surface area (Å²) in [5, 5.41) is 0. The normalized spacial score (nSPS) is 14.8. The standard InChI is InChI=1S/C25H26N2O7S/c1-18-21(26-25(34-18)20-6-4-3-5-7-20)17-33-24(28)11-9-19-8-10-22(31-2)23(16-19)35(29,30)27-12-14-32-15-13-27/h3-11,16H,12-15,17H2,1-2H3. The highest BCUT2D eigenvalue weighted by molar-refractivity contribution is 7.89. The van der Waals surface area contributed by atoms with Crippen molar-refractivity contribution in [1.29, 1.82) is 0 Å². The molecule has 35 heavy (non-hydrogen) atoms. The van der Waals surface area contributed by atoms with Crippen LogP contribution in [0.2, 0.25) is 0 Å². The van der Waals surface area contributed by atoms with Crippen molar-refractivity contribution in [3.8, 4) is 17.2 Å². The fourth-order valence-electron chi connectivity index (χ4n) is 3.54. The molecule has 0 unspecified atom stereocenters. The Hall–Kier alpha value is -3.47. The van der Waals surface area contributed by atoms with Gasteiger partial charge in [0.05, 0.1) is 20.3 Å². The van der Waals surface area contributed by atoms with Crippen molar-refractivity contribution in [2.24, 2.45) is 0 Å². The van der Waals surface area contributed by atoms with Crippen molar-refractivity contribution in [2.45, 2.75) is 18.4 Å². The second kappa shape index (κ2) is 10.9. The lowest BCUT2D eigenvalue weighted by atomic mass is 10.2. The van der Waals surface area contributed by atoms with Crippen LogP contribution in [0.1, 0.15) is 17.0 Å². The summed E-state index contributed by atoms with van der Waals surface area (Å²) in [5.74, 6) is 0.652. The summed E-state index contributed by atoms with van der Waals surface area (Å²) < 4.78 is 49.1. The molecule has 1 aliphatic rings. The van der Waals surface area contributed by atoms with E-state index in [0.29, 0.717) is 36.1 Å². The Kier molecular flexibility index (Phi) is 7.64. The predicted molar refractivity (Wildman–Crippen MR) is 128 cm³/mol. The van der Waals surface area contributed by atoms with E-state index in [1.54, 1.807) is 19.1 Å². The van der Waals surface area contributed by atoms with Crippen molar-refractivity contribution in [3.05, 3.63) is 71.6 Å². The lowest BCUT2D eigenvalue weighted by Gasteiger charge is -2.26. The Morgan fingerprint density at radius 2 is 1.89 bits per heavy atom. The number of carbonyl (C=O) groups is 1. The second-order valence-electron chi connectivity index (χ2n) is 7.76. The molecule has 3 aromatic rings. The molecule has 184 valence electrons. The average molecular weight is 499 g/mol. The van der Waals surface area contributed by atoms with Gasteiger partial charge in [-0.2, -0.15) is 4.31 Å². The molecule has 0 saturated carbocycles. The fraction of sp³-hybridized carbons (Fsp3) is 0.280. The number of nitrogens with zero attached hydrogens (tertiary/aromatic N) is 2. The molecule has 0 N–H and O–H groups in total. The zero-order valence-corrected chi connectivity index (χ0v) is 20.3. The van der Waals surface area contributed by atoms with E-state index in [1.807, 2.05) is 30.3 Å². The van der Waals surface area contributed by atoms with E-state index in [-0.39, 0.29) is 30.3 Å². The number of carbonyl (C=O) groups excluding carboxylic acids is 1. The van der Waals surface area contributed by atoms with E-state index in [4.69, 9.17) is 18.6 Å². The molecule has 1 saturated heterocycles. The maximum absolute atomic E-state index is 13.1. The topological polar surface area (TPSA) is 108 Å². The third kappa shape index (κ3) is 5.79. The van der Waals surface area contributed by atoms with Gasteiger partial charge >= 0.3 is 5.97 Å². The van der Waals surface area contributed by atoms with Crippen LogP contribution < -0.4 is 4.74 Å². The molecule has 0 bridgehead atoms. The third-order valence-corrected chi connectivity index (χ3v) is 7.37. The predicted octanol–water partition coefficient (Wildman–Crippen LogP) is 3.44. The Labute approximate surface area is 204 Å². The van der Waals surface area contributed by atoms with Gasteiger partial charge in [0.1, 0.15) is 28.7 Å². The van der Waals surface area contributed by atoms with Crippen molar-refractivity contribution >= 4 is 22.1 Å². The van der Waals surface area contributed by atoms with Gasteiger partial charge in [0.25, 0.3) is 0 Å². The van der Waals surface area contributed by atoms with Crippen LogP contribution in [0, 0.1) is 6.92 Å². The first-order valence-corrected chi connectivity index (χ1v) is 12.4. The van der Waals surface area contributed by atoms with Crippen LogP contribution in [0.4, 0.5) is 0 Å². The molecule has 0 spiro atoms. The molecule has 9 nitrogen and oxygen atoms in total. The summed E-state index contributed by atoms with van der Waals surface area (Å²) in [6, 6.07) is 14.1. The van der Waals surface area contributed by atoms with Gasteiger partial charge < -0.3 is 18.6 Å². The van der Waals surface area contributed by atoms with Gasteiger partial charge in [-0.1, -0.05) is 24.3 Å². The zero-order valence-electron chi connectivity index (χ0n) is 19.5. The number of esters is 1. The van der Waals surface area contributed by atoms with E-state index in [0.717, 1.165) is 5.56 Å². The second-order valence-corrected chi connectivity index (χ2v) is 9.66.